The minimum atomic E-state index is -0.811. The molecule has 2 fully saturated rings. The lowest BCUT2D eigenvalue weighted by Gasteiger charge is -2.40. The van der Waals surface area contributed by atoms with Gasteiger partial charge in [0.1, 0.15) is 5.54 Å². The summed E-state index contributed by atoms with van der Waals surface area (Å²) in [5, 5.41) is 2.71. The Kier molecular flexibility index (Phi) is 4.10. The second-order valence-corrected chi connectivity index (χ2v) is 5.74. The Balaban J connectivity index is 1.97. The Morgan fingerprint density at radius 1 is 1.42 bits per heavy atom. The van der Waals surface area contributed by atoms with E-state index in [1.807, 2.05) is 0 Å². The number of piperazine rings is 1. The Morgan fingerprint density at radius 2 is 2.16 bits per heavy atom. The molecule has 1 unspecified atom stereocenters. The Labute approximate surface area is 114 Å². The molecule has 2 saturated heterocycles. The first-order valence-corrected chi connectivity index (χ1v) is 6.86. The van der Waals surface area contributed by atoms with Gasteiger partial charge in [-0.25, -0.2) is 0 Å². The molecule has 0 aromatic heterocycles. The van der Waals surface area contributed by atoms with Gasteiger partial charge in [-0.1, -0.05) is 6.92 Å². The maximum absolute atomic E-state index is 12.3. The smallest absolute Gasteiger partial charge is 0.248 e. The molecule has 0 aromatic carbocycles. The van der Waals surface area contributed by atoms with E-state index in [4.69, 9.17) is 4.74 Å². The second-order valence-electron chi connectivity index (χ2n) is 5.74. The van der Waals surface area contributed by atoms with Crippen molar-refractivity contribution in [3.63, 3.8) is 0 Å². The van der Waals surface area contributed by atoms with Gasteiger partial charge in [0.25, 0.3) is 0 Å². The third-order valence-electron chi connectivity index (χ3n) is 3.70. The highest BCUT2D eigenvalue weighted by atomic mass is 16.5. The summed E-state index contributed by atoms with van der Waals surface area (Å²) in [7, 11) is 0. The van der Waals surface area contributed by atoms with Crippen molar-refractivity contribution < 1.29 is 14.3 Å². The molecule has 1 N–H and O–H groups in total. The highest BCUT2D eigenvalue weighted by Gasteiger charge is 2.40. The van der Waals surface area contributed by atoms with E-state index < -0.39 is 5.54 Å². The summed E-state index contributed by atoms with van der Waals surface area (Å²) in [6.45, 7) is 9.65. The maximum Gasteiger partial charge on any atom is 0.248 e. The van der Waals surface area contributed by atoms with Gasteiger partial charge in [-0.3, -0.25) is 14.5 Å². The SMILES string of the molecule is CCN1CCOC(CN2CC(=O)NC(C)(C)C2=O)C1. The number of likely N-dealkylation sites (N-methyl/N-ethyl adjacent to an activating group) is 1. The molecule has 0 aromatic rings. The van der Waals surface area contributed by atoms with Crippen LogP contribution >= 0.6 is 0 Å². The van der Waals surface area contributed by atoms with Gasteiger partial charge in [-0.2, -0.15) is 0 Å². The van der Waals surface area contributed by atoms with E-state index in [-0.39, 0.29) is 24.5 Å². The van der Waals surface area contributed by atoms with Crippen LogP contribution in [0.25, 0.3) is 0 Å². The average Bonchev–Trinajstić information content (AvgIpc) is 2.35. The summed E-state index contributed by atoms with van der Waals surface area (Å²) in [6, 6.07) is 0. The number of hydrogen-bond donors (Lipinski definition) is 1. The predicted molar refractivity (Wildman–Crippen MR) is 70.7 cm³/mol. The van der Waals surface area contributed by atoms with Gasteiger partial charge in [0.15, 0.2) is 0 Å². The molecule has 6 nitrogen and oxygen atoms in total. The number of morpholine rings is 1. The molecule has 0 bridgehead atoms. The molecular weight excluding hydrogens is 246 g/mol. The van der Waals surface area contributed by atoms with Gasteiger partial charge >= 0.3 is 0 Å². The standard InChI is InChI=1S/C13H23N3O3/c1-4-15-5-6-19-10(7-15)8-16-9-11(17)14-13(2,3)12(16)18/h10H,4-9H2,1-3H3,(H,14,17). The minimum Gasteiger partial charge on any atom is -0.374 e. The van der Waals surface area contributed by atoms with Crippen molar-refractivity contribution in [2.24, 2.45) is 0 Å². The average molecular weight is 269 g/mol. The molecular formula is C13H23N3O3. The van der Waals surface area contributed by atoms with Crippen molar-refractivity contribution in [3.8, 4) is 0 Å². The van der Waals surface area contributed by atoms with E-state index in [9.17, 15) is 9.59 Å². The third kappa shape index (κ3) is 3.25. The van der Waals surface area contributed by atoms with Crippen LogP contribution in [0.4, 0.5) is 0 Å². The van der Waals surface area contributed by atoms with Crippen LogP contribution in [-0.2, 0) is 14.3 Å². The van der Waals surface area contributed by atoms with Crippen molar-refractivity contribution in [2.75, 3.05) is 39.3 Å². The van der Waals surface area contributed by atoms with Crippen LogP contribution in [0.1, 0.15) is 20.8 Å². The molecule has 6 heteroatoms. The van der Waals surface area contributed by atoms with E-state index in [1.165, 1.54) is 0 Å². The molecule has 2 rings (SSSR count). The first-order valence-electron chi connectivity index (χ1n) is 6.86. The summed E-state index contributed by atoms with van der Waals surface area (Å²) in [5.41, 5.74) is -0.811. The van der Waals surface area contributed by atoms with Gasteiger partial charge in [0.05, 0.1) is 19.3 Å². The Bertz CT molecular complexity index is 370. The van der Waals surface area contributed by atoms with E-state index >= 15 is 0 Å². The number of carbonyl (C=O) groups excluding carboxylic acids is 2. The number of nitrogens with one attached hydrogen (secondary N) is 1. The van der Waals surface area contributed by atoms with Crippen LogP contribution < -0.4 is 5.32 Å². The normalized spacial score (nSPS) is 28.4. The number of nitrogens with zero attached hydrogens (tertiary/aromatic N) is 2. The fourth-order valence-corrected chi connectivity index (χ4v) is 2.65. The zero-order valence-corrected chi connectivity index (χ0v) is 11.9. The van der Waals surface area contributed by atoms with Gasteiger partial charge in [0.2, 0.25) is 11.8 Å². The quantitative estimate of drug-likeness (QED) is 0.746. The van der Waals surface area contributed by atoms with E-state index in [0.29, 0.717) is 13.2 Å². The first kappa shape index (κ1) is 14.3. The van der Waals surface area contributed by atoms with Crippen LogP contribution in [0.15, 0.2) is 0 Å². The van der Waals surface area contributed by atoms with Crippen molar-refractivity contribution in [3.05, 3.63) is 0 Å². The summed E-state index contributed by atoms with van der Waals surface area (Å²) < 4.78 is 5.70. The number of hydrogen-bond acceptors (Lipinski definition) is 4. The lowest BCUT2D eigenvalue weighted by Crippen LogP contribution is -2.65. The third-order valence-corrected chi connectivity index (χ3v) is 3.70. The molecule has 108 valence electrons. The highest BCUT2D eigenvalue weighted by molar-refractivity contribution is 5.97. The number of amides is 2. The monoisotopic (exact) mass is 269 g/mol. The molecule has 2 aliphatic rings. The lowest BCUT2D eigenvalue weighted by atomic mass is 10.00. The number of carbonyl (C=O) groups is 2. The van der Waals surface area contributed by atoms with Crippen LogP contribution in [0.3, 0.4) is 0 Å². The zero-order valence-electron chi connectivity index (χ0n) is 11.9. The lowest BCUT2D eigenvalue weighted by molar-refractivity contribution is -0.151. The number of ether oxygens (including phenoxy) is 1. The predicted octanol–water partition coefficient (Wildman–Crippen LogP) is -0.556. The van der Waals surface area contributed by atoms with Gasteiger partial charge in [0, 0.05) is 19.6 Å². The van der Waals surface area contributed by atoms with Crippen LogP contribution in [-0.4, -0.2) is 72.6 Å². The van der Waals surface area contributed by atoms with E-state index in [0.717, 1.165) is 19.6 Å². The molecule has 0 radical (unpaired) electrons. The van der Waals surface area contributed by atoms with Crippen LogP contribution in [0.2, 0.25) is 0 Å². The summed E-state index contributed by atoms with van der Waals surface area (Å²) in [4.78, 5) is 27.8. The molecule has 0 saturated carbocycles. The van der Waals surface area contributed by atoms with Crippen molar-refractivity contribution in [1.82, 2.24) is 15.1 Å². The molecule has 1 atom stereocenters. The van der Waals surface area contributed by atoms with Crippen molar-refractivity contribution in [1.29, 1.82) is 0 Å². The Morgan fingerprint density at radius 3 is 2.84 bits per heavy atom. The minimum absolute atomic E-state index is 0.000602. The fraction of sp³-hybridized carbons (Fsp3) is 0.846. The summed E-state index contributed by atoms with van der Waals surface area (Å²) >= 11 is 0. The van der Waals surface area contributed by atoms with Gasteiger partial charge in [-0.05, 0) is 20.4 Å². The molecule has 19 heavy (non-hydrogen) atoms. The largest absolute Gasteiger partial charge is 0.374 e. The second kappa shape index (κ2) is 5.46. The molecule has 0 aliphatic carbocycles. The summed E-state index contributed by atoms with van der Waals surface area (Å²) in [6.07, 6.45) is -0.000602. The van der Waals surface area contributed by atoms with E-state index in [1.54, 1.807) is 18.7 Å². The molecule has 2 heterocycles. The van der Waals surface area contributed by atoms with Crippen LogP contribution in [0, 0.1) is 0 Å². The van der Waals surface area contributed by atoms with Crippen molar-refractivity contribution in [2.45, 2.75) is 32.4 Å². The summed E-state index contributed by atoms with van der Waals surface area (Å²) in [5.74, 6) is -0.142. The topological polar surface area (TPSA) is 61.9 Å². The fourth-order valence-electron chi connectivity index (χ4n) is 2.65. The maximum atomic E-state index is 12.3. The molecule has 2 amide bonds. The van der Waals surface area contributed by atoms with Gasteiger partial charge < -0.3 is 15.0 Å². The van der Waals surface area contributed by atoms with Gasteiger partial charge in [-0.15, -0.1) is 0 Å². The van der Waals surface area contributed by atoms with Crippen LogP contribution in [0.5, 0.6) is 0 Å². The highest BCUT2D eigenvalue weighted by Crippen LogP contribution is 2.15. The molecule has 2 aliphatic heterocycles. The van der Waals surface area contributed by atoms with Crippen molar-refractivity contribution >= 4 is 11.8 Å². The zero-order chi connectivity index (χ0) is 14.0. The Hall–Kier alpha value is -1.14. The number of rotatable bonds is 3. The molecule has 0 spiro atoms. The van der Waals surface area contributed by atoms with E-state index in [2.05, 4.69) is 17.1 Å². The first-order chi connectivity index (χ1) is 8.92.